The number of aromatic nitrogens is 2. The number of rotatable bonds is 5. The lowest BCUT2D eigenvalue weighted by Crippen LogP contribution is -2.44. The van der Waals surface area contributed by atoms with Gasteiger partial charge in [0.05, 0.1) is 23.7 Å². The molecule has 0 saturated carbocycles. The van der Waals surface area contributed by atoms with E-state index in [0.717, 1.165) is 48.7 Å². The van der Waals surface area contributed by atoms with Gasteiger partial charge in [-0.1, -0.05) is 43.0 Å². The van der Waals surface area contributed by atoms with Crippen LogP contribution in [0.1, 0.15) is 11.1 Å². The Bertz CT molecular complexity index is 1340. The molecule has 0 bridgehead atoms. The van der Waals surface area contributed by atoms with Crippen LogP contribution in [0.15, 0.2) is 69.5 Å². The van der Waals surface area contributed by atoms with Crippen molar-refractivity contribution in [1.29, 1.82) is 5.26 Å². The van der Waals surface area contributed by atoms with Gasteiger partial charge in [-0.05, 0) is 55.3 Å². The summed E-state index contributed by atoms with van der Waals surface area (Å²) in [6.45, 7) is 6.29. The number of aryl methyl sites for hydroxylation is 1. The average molecular weight is 520 g/mol. The second-order valence-electron chi connectivity index (χ2n) is 8.05. The number of nitriles is 1. The number of aliphatic imine (C=N–C) groups is 1. The van der Waals surface area contributed by atoms with Crippen LogP contribution in [0.4, 0.5) is 17.5 Å². The molecule has 178 valence electrons. The fourth-order valence-electron chi connectivity index (χ4n) is 3.63. The zero-order valence-corrected chi connectivity index (χ0v) is 21.8. The number of nitrogens with zero attached hydrogens (tertiary/aromatic N) is 6. The molecule has 1 saturated heterocycles. The minimum Gasteiger partial charge on any atom is -0.340 e. The number of thiol groups is 1. The van der Waals surface area contributed by atoms with Crippen LogP contribution in [0.2, 0.25) is 0 Å². The summed E-state index contributed by atoms with van der Waals surface area (Å²) >= 11 is 1.81. The predicted octanol–water partition coefficient (Wildman–Crippen LogP) is 5.24. The normalized spacial score (nSPS) is 17.8. The number of hydrogen-bond acceptors (Lipinski definition) is 9. The molecule has 3 aromatic rings. The SMILES string of the molecule is Cc1ccc(SN2CCN(c3nc(Nc4ccc(C#N)cc4)cc([SH]4#CCN=CS4)n3)CC2)cc1. The molecular weight excluding hydrogens is 495 g/mol. The van der Waals surface area contributed by atoms with Crippen LogP contribution in [0.25, 0.3) is 0 Å². The van der Waals surface area contributed by atoms with E-state index in [0.29, 0.717) is 12.1 Å². The minimum absolute atomic E-state index is 0.603. The van der Waals surface area contributed by atoms with Crippen molar-refractivity contribution in [2.45, 2.75) is 16.8 Å². The van der Waals surface area contributed by atoms with Crippen LogP contribution in [0.5, 0.6) is 0 Å². The lowest BCUT2D eigenvalue weighted by Gasteiger charge is -2.34. The van der Waals surface area contributed by atoms with E-state index in [1.807, 2.05) is 35.7 Å². The molecule has 10 heteroatoms. The summed E-state index contributed by atoms with van der Waals surface area (Å²) in [4.78, 5) is 17.6. The highest BCUT2D eigenvalue weighted by Crippen LogP contribution is 2.38. The smallest absolute Gasteiger partial charge is 0.228 e. The van der Waals surface area contributed by atoms with Gasteiger partial charge in [-0.2, -0.15) is 10.2 Å². The van der Waals surface area contributed by atoms with E-state index in [-0.39, 0.29) is 0 Å². The Kier molecular flexibility index (Phi) is 7.62. The van der Waals surface area contributed by atoms with Gasteiger partial charge < -0.3 is 10.2 Å². The Morgan fingerprint density at radius 2 is 1.83 bits per heavy atom. The Labute approximate surface area is 215 Å². The summed E-state index contributed by atoms with van der Waals surface area (Å²) in [5.74, 6) is 1.49. The third-order valence-electron chi connectivity index (χ3n) is 5.50. The van der Waals surface area contributed by atoms with E-state index in [1.54, 1.807) is 22.9 Å². The predicted molar refractivity (Wildman–Crippen MR) is 149 cm³/mol. The largest absolute Gasteiger partial charge is 0.340 e. The van der Waals surface area contributed by atoms with E-state index < -0.39 is 9.33 Å². The van der Waals surface area contributed by atoms with Crippen molar-refractivity contribution in [3.63, 3.8) is 0 Å². The lowest BCUT2D eigenvalue weighted by molar-refractivity contribution is 0.425. The maximum Gasteiger partial charge on any atom is 0.228 e. The molecule has 0 radical (unpaired) electrons. The Morgan fingerprint density at radius 1 is 1.06 bits per heavy atom. The lowest BCUT2D eigenvalue weighted by atomic mass is 10.2. The molecule has 2 aliphatic heterocycles. The molecule has 0 aliphatic carbocycles. The van der Waals surface area contributed by atoms with Crippen molar-refractivity contribution >= 4 is 55.1 Å². The van der Waals surface area contributed by atoms with E-state index in [1.165, 1.54) is 10.5 Å². The van der Waals surface area contributed by atoms with Gasteiger partial charge in [0.2, 0.25) is 5.95 Å². The van der Waals surface area contributed by atoms with Gasteiger partial charge in [0.1, 0.15) is 10.8 Å². The topological polar surface area (TPSA) is 80.4 Å². The molecule has 1 aromatic heterocycles. The minimum atomic E-state index is -0.706. The molecule has 3 heterocycles. The summed E-state index contributed by atoms with van der Waals surface area (Å²) in [5, 5.41) is 16.9. The fourth-order valence-corrected chi connectivity index (χ4v) is 7.23. The van der Waals surface area contributed by atoms with Crippen molar-refractivity contribution in [1.82, 2.24) is 14.3 Å². The van der Waals surface area contributed by atoms with Crippen LogP contribution in [-0.4, -0.2) is 52.5 Å². The summed E-state index contributed by atoms with van der Waals surface area (Å²) < 4.78 is 2.40. The highest BCUT2D eigenvalue weighted by atomic mass is 33.1. The first-order valence-corrected chi connectivity index (χ1v) is 14.9. The molecule has 0 spiro atoms. The van der Waals surface area contributed by atoms with Gasteiger partial charge in [0.15, 0.2) is 0 Å². The van der Waals surface area contributed by atoms with Crippen molar-refractivity contribution in [3.8, 4) is 11.3 Å². The summed E-state index contributed by atoms with van der Waals surface area (Å²) in [6, 6.07) is 20.2. The number of anilines is 3. The zero-order chi connectivity index (χ0) is 24.0. The van der Waals surface area contributed by atoms with Gasteiger partial charge in [0.25, 0.3) is 0 Å². The van der Waals surface area contributed by atoms with Crippen molar-refractivity contribution in [2.75, 3.05) is 42.9 Å². The van der Waals surface area contributed by atoms with Crippen LogP contribution in [0, 0.1) is 23.4 Å². The first-order valence-electron chi connectivity index (χ1n) is 11.3. The number of hydrogen-bond donors (Lipinski definition) is 2. The van der Waals surface area contributed by atoms with Gasteiger partial charge in [-0.25, -0.2) is 9.29 Å². The van der Waals surface area contributed by atoms with Gasteiger partial charge in [0, 0.05) is 42.8 Å². The third-order valence-corrected chi connectivity index (χ3v) is 10.0. The van der Waals surface area contributed by atoms with Gasteiger partial charge in [-0.15, -0.1) is 0 Å². The van der Waals surface area contributed by atoms with Crippen LogP contribution in [-0.2, 0) is 0 Å². The van der Waals surface area contributed by atoms with E-state index in [9.17, 15) is 0 Å². The summed E-state index contributed by atoms with van der Waals surface area (Å²) in [7, 11) is 0.966. The maximum absolute atomic E-state index is 9.07. The molecule has 1 atom stereocenters. The third kappa shape index (κ3) is 6.20. The first-order chi connectivity index (χ1) is 17.2. The van der Waals surface area contributed by atoms with Crippen LogP contribution >= 0.6 is 32.1 Å². The standard InChI is InChI=1S/C25H25N7S3/c1-19-2-8-22(9-3-19)34-32-13-11-31(12-14-32)25-29-23(28-21-6-4-20(17-26)5-7-21)16-24(30-25)35-15-10-27-18-33-35/h2-9,16,18,35H,10-14H2,1H3,(H,28,29,30). The van der Waals surface area contributed by atoms with Crippen LogP contribution in [0.3, 0.4) is 0 Å². The molecule has 7 nitrogen and oxygen atoms in total. The molecule has 0 amide bonds. The quantitative estimate of drug-likeness (QED) is 0.205. The average Bonchev–Trinajstić information content (AvgIpc) is 2.91. The Morgan fingerprint density at radius 3 is 2.51 bits per heavy atom. The van der Waals surface area contributed by atoms with E-state index in [4.69, 9.17) is 15.2 Å². The van der Waals surface area contributed by atoms with Crippen LogP contribution < -0.4 is 10.2 Å². The molecule has 2 aliphatic rings. The first kappa shape index (κ1) is 23.8. The molecule has 1 N–H and O–H groups in total. The monoisotopic (exact) mass is 519 g/mol. The number of benzene rings is 2. The Balaban J connectivity index is 1.34. The zero-order valence-electron chi connectivity index (χ0n) is 19.3. The molecule has 1 unspecified atom stereocenters. The molecule has 2 aromatic carbocycles. The van der Waals surface area contributed by atoms with Crippen molar-refractivity contribution in [2.24, 2.45) is 4.99 Å². The van der Waals surface area contributed by atoms with E-state index in [2.05, 4.69) is 62.0 Å². The number of piperazine rings is 1. The molecule has 35 heavy (non-hydrogen) atoms. The Hall–Kier alpha value is -2.93. The van der Waals surface area contributed by atoms with Gasteiger partial charge >= 0.3 is 0 Å². The summed E-state index contributed by atoms with van der Waals surface area (Å²) in [6.07, 6.45) is 0. The second kappa shape index (κ2) is 11.2. The van der Waals surface area contributed by atoms with Crippen molar-refractivity contribution in [3.05, 3.63) is 65.7 Å². The number of nitrogens with one attached hydrogen (secondary N) is 1. The molecule has 1 fully saturated rings. The molecular formula is C25H25N7S3. The second-order valence-corrected chi connectivity index (χ2v) is 12.7. The highest BCUT2D eigenvalue weighted by molar-refractivity contribution is 8.84. The fraction of sp³-hybridized carbons (Fsp3) is 0.240. The van der Waals surface area contributed by atoms with E-state index >= 15 is 0 Å². The van der Waals surface area contributed by atoms with Crippen molar-refractivity contribution < 1.29 is 0 Å². The highest BCUT2D eigenvalue weighted by Gasteiger charge is 2.21. The van der Waals surface area contributed by atoms with Gasteiger partial charge in [-0.3, -0.25) is 4.99 Å². The maximum atomic E-state index is 9.07. The molecule has 5 rings (SSSR count). The summed E-state index contributed by atoms with van der Waals surface area (Å²) in [5.41, 5.74) is 4.70.